The zero-order valence-corrected chi connectivity index (χ0v) is 12.7. The molecule has 0 bridgehead atoms. The molecule has 4 heteroatoms. The first-order valence-electron chi connectivity index (χ1n) is 5.42. The molecule has 0 N–H and O–H groups in total. The molecule has 0 aliphatic rings. The first kappa shape index (κ1) is 14.2. The molecule has 0 radical (unpaired) electrons. The zero-order valence-electron chi connectivity index (χ0n) is 9.56. The summed E-state index contributed by atoms with van der Waals surface area (Å²) in [7, 11) is 0. The van der Waals surface area contributed by atoms with Crippen LogP contribution in [-0.4, -0.2) is 0 Å². The maximum atomic E-state index is 9.13. The minimum Gasteiger partial charge on any atom is -0.198 e. The average molecular weight is 356 g/mol. The molecule has 0 aliphatic heterocycles. The lowest BCUT2D eigenvalue weighted by Gasteiger charge is -2.12. The van der Waals surface area contributed by atoms with E-state index in [1.807, 2.05) is 6.07 Å². The minimum absolute atomic E-state index is 0.339. The molecule has 88 valence electrons. The summed E-state index contributed by atoms with van der Waals surface area (Å²) in [5.41, 5.74) is 2.62. The van der Waals surface area contributed by atoms with Crippen LogP contribution in [0.15, 0.2) is 15.0 Å². The Labute approximate surface area is 119 Å². The van der Waals surface area contributed by atoms with E-state index < -0.39 is 0 Å². The molecule has 0 aromatic heterocycles. The van der Waals surface area contributed by atoms with Gasteiger partial charge in [-0.25, -0.2) is 0 Å². The van der Waals surface area contributed by atoms with Crippen molar-refractivity contribution in [3.05, 3.63) is 31.7 Å². The summed E-state index contributed by atoms with van der Waals surface area (Å²) >= 11 is 6.93. The van der Waals surface area contributed by atoms with E-state index in [4.69, 9.17) is 10.5 Å². The summed E-state index contributed by atoms with van der Waals surface area (Å²) in [6, 6.07) is 6.16. The van der Waals surface area contributed by atoms with E-state index in [9.17, 15) is 0 Å². The SMILES string of the molecule is CCCCc1c(C#N)cc(Br)c(CC#N)c1Br. The molecule has 1 rings (SSSR count). The molecule has 2 nitrogen and oxygen atoms in total. The van der Waals surface area contributed by atoms with Crippen LogP contribution in [-0.2, 0) is 12.8 Å². The third kappa shape index (κ3) is 3.31. The van der Waals surface area contributed by atoms with E-state index in [-0.39, 0.29) is 0 Å². The Morgan fingerprint density at radius 3 is 2.47 bits per heavy atom. The van der Waals surface area contributed by atoms with Crippen molar-refractivity contribution in [2.24, 2.45) is 0 Å². The first-order valence-corrected chi connectivity index (χ1v) is 7.01. The van der Waals surface area contributed by atoms with Crippen molar-refractivity contribution in [2.75, 3.05) is 0 Å². The highest BCUT2D eigenvalue weighted by Gasteiger charge is 2.14. The molecule has 17 heavy (non-hydrogen) atoms. The van der Waals surface area contributed by atoms with Crippen LogP contribution in [0.25, 0.3) is 0 Å². The van der Waals surface area contributed by atoms with Gasteiger partial charge in [0.2, 0.25) is 0 Å². The summed E-state index contributed by atoms with van der Waals surface area (Å²) < 4.78 is 1.72. The zero-order chi connectivity index (χ0) is 12.8. The summed E-state index contributed by atoms with van der Waals surface area (Å²) in [6.45, 7) is 2.12. The van der Waals surface area contributed by atoms with Crippen molar-refractivity contribution in [3.63, 3.8) is 0 Å². The summed E-state index contributed by atoms with van der Waals surface area (Å²) in [4.78, 5) is 0. The maximum Gasteiger partial charge on any atom is 0.0995 e. The van der Waals surface area contributed by atoms with Gasteiger partial charge in [-0.1, -0.05) is 45.2 Å². The Morgan fingerprint density at radius 1 is 1.24 bits per heavy atom. The topological polar surface area (TPSA) is 47.6 Å². The van der Waals surface area contributed by atoms with E-state index in [1.165, 1.54) is 0 Å². The molecule has 0 fully saturated rings. The Hall–Kier alpha value is -0.840. The largest absolute Gasteiger partial charge is 0.198 e. The Kier molecular flexibility index (Phi) is 5.68. The summed E-state index contributed by atoms with van der Waals surface area (Å²) in [6.07, 6.45) is 3.33. The molecule has 0 spiro atoms. The van der Waals surface area contributed by atoms with Crippen molar-refractivity contribution >= 4 is 31.9 Å². The number of hydrogen-bond donors (Lipinski definition) is 0. The molecule has 1 aromatic carbocycles. The highest BCUT2D eigenvalue weighted by molar-refractivity contribution is 9.11. The van der Waals surface area contributed by atoms with E-state index in [2.05, 4.69) is 50.9 Å². The van der Waals surface area contributed by atoms with Gasteiger partial charge in [-0.2, -0.15) is 10.5 Å². The van der Waals surface area contributed by atoms with Crippen LogP contribution >= 0.6 is 31.9 Å². The number of unbranched alkanes of at least 4 members (excludes halogenated alkanes) is 1. The van der Waals surface area contributed by atoms with E-state index in [0.29, 0.717) is 12.0 Å². The molecular weight excluding hydrogens is 344 g/mol. The Bertz CT molecular complexity index is 496. The monoisotopic (exact) mass is 354 g/mol. The quantitative estimate of drug-likeness (QED) is 0.798. The fourth-order valence-corrected chi connectivity index (χ4v) is 3.24. The van der Waals surface area contributed by atoms with Crippen LogP contribution in [0.1, 0.15) is 36.5 Å². The lowest BCUT2D eigenvalue weighted by Crippen LogP contribution is -1.98. The van der Waals surface area contributed by atoms with Gasteiger partial charge in [-0.05, 0) is 30.0 Å². The number of nitrogens with zero attached hydrogens (tertiary/aromatic N) is 2. The van der Waals surface area contributed by atoms with Crippen LogP contribution in [0.3, 0.4) is 0 Å². The second-order valence-corrected chi connectivity index (χ2v) is 5.37. The molecule has 0 heterocycles. The Balaban J connectivity index is 3.30. The van der Waals surface area contributed by atoms with Gasteiger partial charge in [0, 0.05) is 8.95 Å². The number of benzene rings is 1. The van der Waals surface area contributed by atoms with Gasteiger partial charge >= 0.3 is 0 Å². The minimum atomic E-state index is 0.339. The van der Waals surface area contributed by atoms with Gasteiger partial charge in [-0.15, -0.1) is 0 Å². The van der Waals surface area contributed by atoms with Crippen molar-refractivity contribution in [1.82, 2.24) is 0 Å². The predicted molar refractivity (Wildman–Crippen MR) is 74.5 cm³/mol. The molecule has 1 aromatic rings. The number of rotatable bonds is 4. The van der Waals surface area contributed by atoms with E-state index in [0.717, 1.165) is 39.3 Å². The smallest absolute Gasteiger partial charge is 0.0995 e. The molecular formula is C13H12Br2N2. The lowest BCUT2D eigenvalue weighted by atomic mass is 9.99. The van der Waals surface area contributed by atoms with Gasteiger partial charge in [0.1, 0.15) is 0 Å². The third-order valence-electron chi connectivity index (χ3n) is 2.57. The Morgan fingerprint density at radius 2 is 1.94 bits per heavy atom. The van der Waals surface area contributed by atoms with Gasteiger partial charge in [0.15, 0.2) is 0 Å². The van der Waals surface area contributed by atoms with Gasteiger partial charge < -0.3 is 0 Å². The van der Waals surface area contributed by atoms with Crippen molar-refractivity contribution < 1.29 is 0 Å². The van der Waals surface area contributed by atoms with Gasteiger partial charge in [0.25, 0.3) is 0 Å². The molecule has 0 unspecified atom stereocenters. The predicted octanol–water partition coefficient (Wildman–Crippen LogP) is 4.49. The van der Waals surface area contributed by atoms with Crippen LogP contribution in [0.2, 0.25) is 0 Å². The molecule has 0 amide bonds. The summed E-state index contributed by atoms with van der Waals surface area (Å²) in [5, 5.41) is 17.9. The number of nitriles is 2. The highest BCUT2D eigenvalue weighted by atomic mass is 79.9. The maximum absolute atomic E-state index is 9.13. The van der Waals surface area contributed by atoms with E-state index >= 15 is 0 Å². The van der Waals surface area contributed by atoms with Crippen molar-refractivity contribution in [2.45, 2.75) is 32.6 Å². The van der Waals surface area contributed by atoms with Crippen LogP contribution in [0.4, 0.5) is 0 Å². The first-order chi connectivity index (χ1) is 8.15. The van der Waals surface area contributed by atoms with Crippen LogP contribution in [0, 0.1) is 22.7 Å². The molecule has 0 aliphatic carbocycles. The van der Waals surface area contributed by atoms with E-state index in [1.54, 1.807) is 0 Å². The van der Waals surface area contributed by atoms with Gasteiger partial charge in [0.05, 0.1) is 24.1 Å². The molecule has 0 saturated heterocycles. The van der Waals surface area contributed by atoms with Crippen molar-refractivity contribution in [1.29, 1.82) is 10.5 Å². The second kappa shape index (κ2) is 6.79. The highest BCUT2D eigenvalue weighted by Crippen LogP contribution is 2.33. The van der Waals surface area contributed by atoms with Crippen LogP contribution < -0.4 is 0 Å². The lowest BCUT2D eigenvalue weighted by molar-refractivity contribution is 0.789. The third-order valence-corrected chi connectivity index (χ3v) is 4.24. The van der Waals surface area contributed by atoms with Gasteiger partial charge in [-0.3, -0.25) is 0 Å². The number of halogens is 2. The summed E-state index contributed by atoms with van der Waals surface area (Å²) in [5.74, 6) is 0. The average Bonchev–Trinajstić information content (AvgIpc) is 2.32. The van der Waals surface area contributed by atoms with Crippen molar-refractivity contribution in [3.8, 4) is 12.1 Å². The molecule has 0 saturated carbocycles. The molecule has 0 atom stereocenters. The number of hydrogen-bond acceptors (Lipinski definition) is 2. The fourth-order valence-electron chi connectivity index (χ4n) is 1.64. The fraction of sp³-hybridized carbons (Fsp3) is 0.385. The second-order valence-electron chi connectivity index (χ2n) is 3.73. The normalized spacial score (nSPS) is 9.71. The van der Waals surface area contributed by atoms with Crippen LogP contribution in [0.5, 0.6) is 0 Å². The standard InChI is InChI=1S/C13H12Br2N2/c1-2-3-4-10-9(8-17)7-12(14)11(5-6-16)13(10)15/h7H,2-5H2,1H3.